The van der Waals surface area contributed by atoms with Crippen molar-refractivity contribution in [2.75, 3.05) is 0 Å². The van der Waals surface area contributed by atoms with Crippen LogP contribution in [0.5, 0.6) is 0 Å². The summed E-state index contributed by atoms with van der Waals surface area (Å²) in [4.78, 5) is 0. The molecule has 1 rings (SSSR count). The number of hydrogen-bond acceptors (Lipinski definition) is 1. The molecule has 0 N–H and O–H groups in total. The minimum atomic E-state index is 0.499. The molecule has 1 nitrogen and oxygen atoms in total. The maximum absolute atomic E-state index is 8.54. The zero-order valence-electron chi connectivity index (χ0n) is 5.48. The fourth-order valence-electron chi connectivity index (χ4n) is 0.712. The van der Waals surface area contributed by atoms with Crippen molar-refractivity contribution in [1.29, 1.82) is 5.26 Å². The third kappa shape index (κ3) is 1.12. The first kappa shape index (κ1) is 7.11. The molecule has 0 unspecified atom stereocenters. The molecule has 0 aliphatic carbocycles. The second kappa shape index (κ2) is 2.72. The molecule has 0 aliphatic heterocycles. The van der Waals surface area contributed by atoms with Gasteiger partial charge in [0.05, 0.1) is 10.6 Å². The van der Waals surface area contributed by atoms with E-state index in [-0.39, 0.29) is 0 Å². The lowest BCUT2D eigenvalue weighted by Crippen LogP contribution is -1.81. The Balaban J connectivity index is 3.34. The van der Waals surface area contributed by atoms with Gasteiger partial charge in [0.15, 0.2) is 0 Å². The third-order valence-electron chi connectivity index (χ3n) is 1.26. The number of halogens is 1. The second-order valence-corrected chi connectivity index (χ2v) is 2.34. The van der Waals surface area contributed by atoms with Gasteiger partial charge in [-0.2, -0.15) is 5.26 Å². The molecule has 1 radical (unpaired) electrons. The van der Waals surface area contributed by atoms with Crippen molar-refractivity contribution in [1.82, 2.24) is 0 Å². The monoisotopic (exact) mass is 150 g/mol. The van der Waals surface area contributed by atoms with Crippen LogP contribution in [0.1, 0.15) is 11.1 Å². The number of benzene rings is 1. The molecule has 1 aromatic rings. The van der Waals surface area contributed by atoms with Crippen molar-refractivity contribution < 1.29 is 0 Å². The van der Waals surface area contributed by atoms with Crippen molar-refractivity contribution in [3.8, 4) is 6.07 Å². The fraction of sp³-hybridized carbons (Fsp3) is 0.125. The summed E-state index contributed by atoms with van der Waals surface area (Å²) in [6.07, 6.45) is 0. The van der Waals surface area contributed by atoms with Crippen LogP contribution in [0.25, 0.3) is 0 Å². The predicted octanol–water partition coefficient (Wildman–Crippen LogP) is 2.32. The van der Waals surface area contributed by atoms with Gasteiger partial charge in [0.2, 0.25) is 0 Å². The average molecular weight is 151 g/mol. The molecular weight excluding hydrogens is 146 g/mol. The Morgan fingerprint density at radius 3 is 2.80 bits per heavy atom. The van der Waals surface area contributed by atoms with E-state index < -0.39 is 0 Å². The van der Waals surface area contributed by atoms with E-state index in [1.54, 1.807) is 12.1 Å². The molecule has 0 spiro atoms. The van der Waals surface area contributed by atoms with Crippen LogP contribution >= 0.6 is 11.6 Å². The smallest absolute Gasteiger partial charge is 0.101 e. The molecule has 0 heterocycles. The number of hydrogen-bond donors (Lipinski definition) is 0. The van der Waals surface area contributed by atoms with Gasteiger partial charge in [-0.05, 0) is 24.6 Å². The summed E-state index contributed by atoms with van der Waals surface area (Å²) in [5.41, 5.74) is 1.32. The largest absolute Gasteiger partial charge is 0.192 e. The van der Waals surface area contributed by atoms with Crippen LogP contribution in [0.15, 0.2) is 12.1 Å². The van der Waals surface area contributed by atoms with Crippen LogP contribution in [0.2, 0.25) is 5.02 Å². The fourth-order valence-corrected chi connectivity index (χ4v) is 0.959. The van der Waals surface area contributed by atoms with Crippen molar-refractivity contribution in [3.05, 3.63) is 34.3 Å². The zero-order chi connectivity index (χ0) is 7.56. The average Bonchev–Trinajstić information content (AvgIpc) is 1.88. The van der Waals surface area contributed by atoms with Gasteiger partial charge in [-0.15, -0.1) is 0 Å². The van der Waals surface area contributed by atoms with E-state index in [1.165, 1.54) is 0 Å². The standard InChI is InChI=1S/C8H5ClN/c1-6-3-2-4-8(9)7(6)5-10/h2,4H,1H3. The molecule has 0 amide bonds. The summed E-state index contributed by atoms with van der Waals surface area (Å²) in [6, 6.07) is 8.25. The van der Waals surface area contributed by atoms with Gasteiger partial charge in [0, 0.05) is 0 Å². The van der Waals surface area contributed by atoms with Crippen molar-refractivity contribution in [2.45, 2.75) is 6.92 Å². The highest BCUT2D eigenvalue weighted by atomic mass is 35.5. The summed E-state index contributed by atoms with van der Waals surface area (Å²) < 4.78 is 0. The summed E-state index contributed by atoms with van der Waals surface area (Å²) in [7, 11) is 0. The van der Waals surface area contributed by atoms with Gasteiger partial charge in [-0.1, -0.05) is 17.7 Å². The molecule has 2 heteroatoms. The lowest BCUT2D eigenvalue weighted by Gasteiger charge is -1.95. The van der Waals surface area contributed by atoms with E-state index in [0.717, 1.165) is 5.56 Å². The molecule has 0 saturated heterocycles. The first-order valence-corrected chi connectivity index (χ1v) is 3.20. The third-order valence-corrected chi connectivity index (χ3v) is 1.57. The summed E-state index contributed by atoms with van der Waals surface area (Å²) in [5.74, 6) is 0. The van der Waals surface area contributed by atoms with Crippen molar-refractivity contribution in [3.63, 3.8) is 0 Å². The first-order chi connectivity index (χ1) is 4.75. The first-order valence-electron chi connectivity index (χ1n) is 2.82. The predicted molar refractivity (Wildman–Crippen MR) is 39.7 cm³/mol. The Hall–Kier alpha value is -1.00. The van der Waals surface area contributed by atoms with E-state index >= 15 is 0 Å². The molecule has 0 aromatic heterocycles. The number of nitriles is 1. The van der Waals surface area contributed by atoms with Gasteiger partial charge in [0.1, 0.15) is 6.07 Å². The molecule has 0 atom stereocenters. The SMILES string of the molecule is Cc1[c]ccc(Cl)c1C#N. The minimum Gasteiger partial charge on any atom is -0.192 e. The highest BCUT2D eigenvalue weighted by molar-refractivity contribution is 6.31. The highest BCUT2D eigenvalue weighted by Crippen LogP contribution is 2.16. The molecule has 0 bridgehead atoms. The maximum atomic E-state index is 8.54. The lowest BCUT2D eigenvalue weighted by molar-refractivity contribution is 1.39. The Morgan fingerprint density at radius 2 is 2.40 bits per heavy atom. The Morgan fingerprint density at radius 1 is 1.70 bits per heavy atom. The van der Waals surface area contributed by atoms with Gasteiger partial charge >= 0.3 is 0 Å². The number of aryl methyl sites for hydroxylation is 1. The Kier molecular flexibility index (Phi) is 1.94. The summed E-state index contributed by atoms with van der Waals surface area (Å²) in [6.45, 7) is 1.81. The van der Waals surface area contributed by atoms with Crippen LogP contribution in [-0.2, 0) is 0 Å². The van der Waals surface area contributed by atoms with Crippen molar-refractivity contribution in [2.24, 2.45) is 0 Å². The van der Waals surface area contributed by atoms with Crippen LogP contribution in [0, 0.1) is 24.3 Å². The molecule has 0 saturated carbocycles. The van der Waals surface area contributed by atoms with E-state index in [2.05, 4.69) is 6.07 Å². The van der Waals surface area contributed by atoms with Crippen LogP contribution in [-0.4, -0.2) is 0 Å². The van der Waals surface area contributed by atoms with E-state index in [1.807, 2.05) is 13.0 Å². The molecular formula is C8H5ClN. The molecule has 0 aliphatic rings. The van der Waals surface area contributed by atoms with E-state index in [4.69, 9.17) is 16.9 Å². The normalized spacial score (nSPS) is 8.90. The molecule has 0 fully saturated rings. The quantitative estimate of drug-likeness (QED) is 0.557. The highest BCUT2D eigenvalue weighted by Gasteiger charge is 2.00. The van der Waals surface area contributed by atoms with E-state index in [0.29, 0.717) is 10.6 Å². The number of nitrogens with zero attached hydrogens (tertiary/aromatic N) is 1. The number of rotatable bonds is 0. The second-order valence-electron chi connectivity index (χ2n) is 1.94. The van der Waals surface area contributed by atoms with E-state index in [9.17, 15) is 0 Å². The Bertz CT molecular complexity index is 266. The lowest BCUT2D eigenvalue weighted by atomic mass is 10.1. The Labute approximate surface area is 64.9 Å². The van der Waals surface area contributed by atoms with Gasteiger partial charge < -0.3 is 0 Å². The topological polar surface area (TPSA) is 23.8 Å². The van der Waals surface area contributed by atoms with Crippen LogP contribution < -0.4 is 0 Å². The van der Waals surface area contributed by atoms with Crippen LogP contribution in [0.4, 0.5) is 0 Å². The zero-order valence-corrected chi connectivity index (χ0v) is 6.24. The molecule has 10 heavy (non-hydrogen) atoms. The van der Waals surface area contributed by atoms with Gasteiger partial charge in [-0.25, -0.2) is 0 Å². The summed E-state index contributed by atoms with van der Waals surface area (Å²) in [5, 5.41) is 9.04. The molecule has 1 aromatic carbocycles. The molecule has 49 valence electrons. The van der Waals surface area contributed by atoms with Gasteiger partial charge in [-0.3, -0.25) is 0 Å². The summed E-state index contributed by atoms with van der Waals surface area (Å²) >= 11 is 5.69. The van der Waals surface area contributed by atoms with Crippen LogP contribution in [0.3, 0.4) is 0 Å². The maximum Gasteiger partial charge on any atom is 0.101 e. The van der Waals surface area contributed by atoms with Gasteiger partial charge in [0.25, 0.3) is 0 Å². The minimum absolute atomic E-state index is 0.499. The van der Waals surface area contributed by atoms with Crippen molar-refractivity contribution >= 4 is 11.6 Å².